The van der Waals surface area contributed by atoms with Crippen molar-refractivity contribution in [1.29, 1.82) is 0 Å². The monoisotopic (exact) mass is 231 g/mol. The molecule has 1 amide bonds. The summed E-state index contributed by atoms with van der Waals surface area (Å²) in [4.78, 5) is 11.4. The lowest BCUT2D eigenvalue weighted by atomic mass is 9.85. The first-order valence-electron chi connectivity index (χ1n) is 6.42. The van der Waals surface area contributed by atoms with Gasteiger partial charge in [-0.15, -0.1) is 0 Å². The normalized spacial score (nSPS) is 23.8. The molecule has 1 aliphatic rings. The minimum Gasteiger partial charge on any atom is -0.350 e. The van der Waals surface area contributed by atoms with E-state index in [2.05, 4.69) is 44.3 Å². The van der Waals surface area contributed by atoms with Crippen molar-refractivity contribution in [2.75, 3.05) is 0 Å². The third-order valence-electron chi connectivity index (χ3n) is 3.94. The molecule has 2 heteroatoms. The zero-order chi connectivity index (χ0) is 12.5. The summed E-state index contributed by atoms with van der Waals surface area (Å²) in [7, 11) is 0. The number of aryl methyl sites for hydroxylation is 2. The van der Waals surface area contributed by atoms with Gasteiger partial charge < -0.3 is 5.32 Å². The largest absolute Gasteiger partial charge is 0.350 e. The second-order valence-corrected chi connectivity index (χ2v) is 5.29. The quantitative estimate of drug-likeness (QED) is 0.851. The number of nitrogens with one attached hydrogen (secondary N) is 1. The van der Waals surface area contributed by atoms with E-state index >= 15 is 0 Å². The summed E-state index contributed by atoms with van der Waals surface area (Å²) in [6.45, 7) is 6.43. The predicted octanol–water partition coefficient (Wildman–Crippen LogP) is 2.90. The van der Waals surface area contributed by atoms with E-state index in [0.717, 1.165) is 19.3 Å². The van der Waals surface area contributed by atoms with E-state index in [4.69, 9.17) is 0 Å². The highest BCUT2D eigenvalue weighted by Crippen LogP contribution is 2.29. The first kappa shape index (κ1) is 12.2. The Bertz CT molecular complexity index is 439. The second-order valence-electron chi connectivity index (χ2n) is 5.29. The molecule has 1 saturated heterocycles. The van der Waals surface area contributed by atoms with Crippen LogP contribution in [0.1, 0.15) is 42.9 Å². The molecule has 1 aromatic rings. The molecule has 0 aliphatic carbocycles. The minimum absolute atomic E-state index is 0.00288. The van der Waals surface area contributed by atoms with Gasteiger partial charge in [-0.25, -0.2) is 0 Å². The van der Waals surface area contributed by atoms with Crippen LogP contribution in [0.3, 0.4) is 0 Å². The fraction of sp³-hybridized carbons (Fsp3) is 0.533. The Morgan fingerprint density at radius 1 is 1.35 bits per heavy atom. The van der Waals surface area contributed by atoms with Gasteiger partial charge in [-0.1, -0.05) is 30.7 Å². The Balaban J connectivity index is 2.21. The van der Waals surface area contributed by atoms with Gasteiger partial charge in [0.2, 0.25) is 5.91 Å². The highest BCUT2D eigenvalue weighted by Gasteiger charge is 2.36. The molecule has 1 unspecified atom stereocenters. The van der Waals surface area contributed by atoms with E-state index in [1.807, 2.05) is 0 Å². The van der Waals surface area contributed by atoms with E-state index in [1.54, 1.807) is 0 Å². The van der Waals surface area contributed by atoms with Crippen LogP contribution in [-0.2, 0) is 11.2 Å². The Labute approximate surface area is 103 Å². The summed E-state index contributed by atoms with van der Waals surface area (Å²) in [5.41, 5.74) is 3.99. The zero-order valence-electron chi connectivity index (χ0n) is 11.0. The van der Waals surface area contributed by atoms with Crippen LogP contribution in [0.4, 0.5) is 0 Å². The lowest BCUT2D eigenvalue weighted by molar-refractivity contribution is -0.119. The number of rotatable bonds is 3. The molecule has 0 radical (unpaired) electrons. The van der Waals surface area contributed by atoms with Gasteiger partial charge in [0.05, 0.1) is 0 Å². The average Bonchev–Trinajstić information content (AvgIpc) is 2.65. The Morgan fingerprint density at radius 2 is 2.12 bits per heavy atom. The molecule has 0 aromatic heterocycles. The maximum Gasteiger partial charge on any atom is 0.220 e. The number of carbonyl (C=O) groups excluding carboxylic acids is 1. The molecule has 1 aromatic carbocycles. The first-order valence-corrected chi connectivity index (χ1v) is 6.42. The highest BCUT2D eigenvalue weighted by atomic mass is 16.2. The minimum atomic E-state index is -0.00288. The van der Waals surface area contributed by atoms with Crippen LogP contribution >= 0.6 is 0 Å². The van der Waals surface area contributed by atoms with E-state index < -0.39 is 0 Å². The smallest absolute Gasteiger partial charge is 0.220 e. The topological polar surface area (TPSA) is 29.1 Å². The van der Waals surface area contributed by atoms with Gasteiger partial charge in [0, 0.05) is 12.0 Å². The molecular formula is C15H21NO. The SMILES string of the molecule is CCC1(Cc2ccc(C)cc2C)CCC(=O)N1. The van der Waals surface area contributed by atoms with Gasteiger partial charge in [0.1, 0.15) is 0 Å². The number of hydrogen-bond acceptors (Lipinski definition) is 1. The Hall–Kier alpha value is -1.31. The number of amides is 1. The Kier molecular flexibility index (Phi) is 3.23. The lowest BCUT2D eigenvalue weighted by Gasteiger charge is -2.28. The van der Waals surface area contributed by atoms with Crippen molar-refractivity contribution in [3.8, 4) is 0 Å². The van der Waals surface area contributed by atoms with Gasteiger partial charge in [0.15, 0.2) is 0 Å². The van der Waals surface area contributed by atoms with Gasteiger partial charge in [-0.3, -0.25) is 4.79 Å². The van der Waals surface area contributed by atoms with Gasteiger partial charge in [-0.2, -0.15) is 0 Å². The standard InChI is InChI=1S/C15H21NO/c1-4-15(8-7-14(17)16-15)10-13-6-5-11(2)9-12(13)3/h5-6,9H,4,7-8,10H2,1-3H3,(H,16,17). The van der Waals surface area contributed by atoms with Gasteiger partial charge in [0.25, 0.3) is 0 Å². The third kappa shape index (κ3) is 2.51. The summed E-state index contributed by atoms with van der Waals surface area (Å²) in [5, 5.41) is 3.17. The van der Waals surface area contributed by atoms with Crippen LogP contribution in [0.25, 0.3) is 0 Å². The van der Waals surface area contributed by atoms with Crippen molar-refractivity contribution in [3.63, 3.8) is 0 Å². The fourth-order valence-electron chi connectivity index (χ4n) is 2.71. The highest BCUT2D eigenvalue weighted by molar-refractivity contribution is 5.79. The molecule has 1 fully saturated rings. The van der Waals surface area contributed by atoms with Crippen molar-refractivity contribution >= 4 is 5.91 Å². The van der Waals surface area contributed by atoms with Crippen LogP contribution in [0, 0.1) is 13.8 Å². The molecule has 0 bridgehead atoms. The van der Waals surface area contributed by atoms with E-state index in [9.17, 15) is 4.79 Å². The molecular weight excluding hydrogens is 210 g/mol. The predicted molar refractivity (Wildman–Crippen MR) is 70.0 cm³/mol. The Morgan fingerprint density at radius 3 is 2.65 bits per heavy atom. The molecule has 0 spiro atoms. The molecule has 17 heavy (non-hydrogen) atoms. The summed E-state index contributed by atoms with van der Waals surface area (Å²) < 4.78 is 0. The maximum atomic E-state index is 11.4. The molecule has 1 atom stereocenters. The molecule has 92 valence electrons. The lowest BCUT2D eigenvalue weighted by Crippen LogP contribution is -2.43. The van der Waals surface area contributed by atoms with Crippen LogP contribution in [0.2, 0.25) is 0 Å². The van der Waals surface area contributed by atoms with Crippen LogP contribution < -0.4 is 5.32 Å². The van der Waals surface area contributed by atoms with Crippen molar-refractivity contribution in [3.05, 3.63) is 34.9 Å². The fourth-order valence-corrected chi connectivity index (χ4v) is 2.71. The van der Waals surface area contributed by atoms with Crippen molar-refractivity contribution in [2.45, 2.75) is 52.0 Å². The summed E-state index contributed by atoms with van der Waals surface area (Å²) >= 11 is 0. The molecule has 2 nitrogen and oxygen atoms in total. The number of carbonyl (C=O) groups is 1. The summed E-state index contributed by atoms with van der Waals surface area (Å²) in [6.07, 6.45) is 3.61. The molecule has 2 rings (SSSR count). The molecule has 1 heterocycles. The van der Waals surface area contributed by atoms with Crippen molar-refractivity contribution in [2.24, 2.45) is 0 Å². The van der Waals surface area contributed by atoms with E-state index in [-0.39, 0.29) is 11.4 Å². The van der Waals surface area contributed by atoms with E-state index in [0.29, 0.717) is 6.42 Å². The van der Waals surface area contributed by atoms with Crippen LogP contribution in [-0.4, -0.2) is 11.4 Å². The average molecular weight is 231 g/mol. The van der Waals surface area contributed by atoms with E-state index in [1.165, 1.54) is 16.7 Å². The summed E-state index contributed by atoms with van der Waals surface area (Å²) in [6, 6.07) is 6.57. The number of hydrogen-bond donors (Lipinski definition) is 1. The first-order chi connectivity index (χ1) is 8.04. The van der Waals surface area contributed by atoms with Gasteiger partial charge >= 0.3 is 0 Å². The van der Waals surface area contributed by atoms with Gasteiger partial charge in [-0.05, 0) is 44.2 Å². The number of benzene rings is 1. The maximum absolute atomic E-state index is 11.4. The molecule has 1 N–H and O–H groups in total. The molecule has 0 saturated carbocycles. The summed E-state index contributed by atoms with van der Waals surface area (Å²) in [5.74, 6) is 0.205. The zero-order valence-corrected chi connectivity index (χ0v) is 11.0. The van der Waals surface area contributed by atoms with Crippen molar-refractivity contribution < 1.29 is 4.79 Å². The van der Waals surface area contributed by atoms with Crippen LogP contribution in [0.5, 0.6) is 0 Å². The van der Waals surface area contributed by atoms with Crippen molar-refractivity contribution in [1.82, 2.24) is 5.32 Å². The third-order valence-corrected chi connectivity index (χ3v) is 3.94. The van der Waals surface area contributed by atoms with Crippen LogP contribution in [0.15, 0.2) is 18.2 Å². The molecule has 1 aliphatic heterocycles. The second kappa shape index (κ2) is 4.52.